The largest absolute Gasteiger partial charge is 0.379 e. The van der Waals surface area contributed by atoms with E-state index in [9.17, 15) is 0 Å². The van der Waals surface area contributed by atoms with Crippen LogP contribution in [0.1, 0.15) is 0 Å². The molecule has 1 radical (unpaired) electrons. The minimum atomic E-state index is 0.882. The maximum atomic E-state index is 5.28. The van der Waals surface area contributed by atoms with Gasteiger partial charge in [0.05, 0.1) is 19.4 Å². The van der Waals surface area contributed by atoms with E-state index in [0.717, 1.165) is 45.9 Å². The van der Waals surface area contributed by atoms with E-state index in [4.69, 9.17) is 4.74 Å². The maximum absolute atomic E-state index is 5.28. The number of ether oxygens (including phenoxy) is 1. The smallest absolute Gasteiger partial charge is 0.0738 e. The number of hydrazine groups is 1. The fourth-order valence-corrected chi connectivity index (χ4v) is 1.57. The Morgan fingerprint density at radius 1 is 1.31 bits per heavy atom. The minimum Gasteiger partial charge on any atom is -0.379 e. The van der Waals surface area contributed by atoms with Gasteiger partial charge in [0.15, 0.2) is 0 Å². The molecule has 0 saturated carbocycles. The van der Waals surface area contributed by atoms with E-state index in [0.29, 0.717) is 0 Å². The Morgan fingerprint density at radius 2 is 2.15 bits per heavy atom. The summed E-state index contributed by atoms with van der Waals surface area (Å²) in [5.41, 5.74) is 3.20. The van der Waals surface area contributed by atoms with Gasteiger partial charge in [-0.25, -0.2) is 5.43 Å². The van der Waals surface area contributed by atoms with Gasteiger partial charge in [0.2, 0.25) is 0 Å². The van der Waals surface area contributed by atoms with Crippen LogP contribution in [-0.4, -0.2) is 55.8 Å². The van der Waals surface area contributed by atoms with Crippen molar-refractivity contribution in [1.29, 1.82) is 0 Å². The summed E-state index contributed by atoms with van der Waals surface area (Å²) in [6.07, 6.45) is 5.15. The van der Waals surface area contributed by atoms with Gasteiger partial charge >= 0.3 is 0 Å². The Labute approximate surface area is 79.1 Å². The third-order valence-corrected chi connectivity index (χ3v) is 2.37. The van der Waals surface area contributed by atoms with E-state index >= 15 is 0 Å². The van der Waals surface area contributed by atoms with Crippen molar-refractivity contribution in [1.82, 2.24) is 15.3 Å². The molecule has 0 aromatic rings. The third-order valence-electron chi connectivity index (χ3n) is 2.37. The zero-order valence-electron chi connectivity index (χ0n) is 7.83. The first-order chi connectivity index (χ1) is 6.45. The third kappa shape index (κ3) is 2.69. The second-order valence-electron chi connectivity index (χ2n) is 3.30. The van der Waals surface area contributed by atoms with E-state index < -0.39 is 0 Å². The lowest BCUT2D eigenvalue weighted by atomic mass is 10.4. The van der Waals surface area contributed by atoms with Gasteiger partial charge < -0.3 is 9.75 Å². The maximum Gasteiger partial charge on any atom is 0.0738 e. The quantitative estimate of drug-likeness (QED) is 0.634. The molecule has 1 N–H and O–H groups in total. The van der Waals surface area contributed by atoms with Gasteiger partial charge in [0.25, 0.3) is 0 Å². The molecule has 0 amide bonds. The Morgan fingerprint density at radius 3 is 2.85 bits per heavy atom. The molecule has 0 spiro atoms. The summed E-state index contributed by atoms with van der Waals surface area (Å²) in [7, 11) is 0. The van der Waals surface area contributed by atoms with Crippen LogP contribution in [0.2, 0.25) is 0 Å². The number of morpholine rings is 1. The first-order valence-corrected chi connectivity index (χ1v) is 4.84. The molecule has 0 aliphatic carbocycles. The highest BCUT2D eigenvalue weighted by atomic mass is 16.5. The van der Waals surface area contributed by atoms with Crippen LogP contribution in [-0.2, 0) is 4.74 Å². The topological polar surface area (TPSA) is 27.7 Å². The SMILES string of the molecule is [C]1=CCNN1CCN1CCOCC1. The van der Waals surface area contributed by atoms with Crippen LogP contribution in [0.3, 0.4) is 0 Å². The van der Waals surface area contributed by atoms with Crippen LogP contribution in [0.4, 0.5) is 0 Å². The fourth-order valence-electron chi connectivity index (χ4n) is 1.57. The van der Waals surface area contributed by atoms with Crippen molar-refractivity contribution >= 4 is 0 Å². The van der Waals surface area contributed by atoms with Gasteiger partial charge in [0.1, 0.15) is 0 Å². The highest BCUT2D eigenvalue weighted by Crippen LogP contribution is 1.98. The molecular weight excluding hydrogens is 166 g/mol. The van der Waals surface area contributed by atoms with Gasteiger partial charge in [-0.1, -0.05) is 0 Å². The highest BCUT2D eigenvalue weighted by molar-refractivity contribution is 4.82. The summed E-state index contributed by atoms with van der Waals surface area (Å²) in [5, 5.41) is 2.02. The molecule has 73 valence electrons. The van der Waals surface area contributed by atoms with Crippen molar-refractivity contribution in [2.45, 2.75) is 0 Å². The Balaban J connectivity index is 1.63. The van der Waals surface area contributed by atoms with Crippen LogP contribution >= 0.6 is 0 Å². The molecule has 2 aliphatic heterocycles. The number of hydrogen-bond acceptors (Lipinski definition) is 4. The Kier molecular flexibility index (Phi) is 3.18. The molecule has 0 atom stereocenters. The van der Waals surface area contributed by atoms with Crippen molar-refractivity contribution in [2.24, 2.45) is 0 Å². The number of nitrogens with zero attached hydrogens (tertiary/aromatic N) is 2. The van der Waals surface area contributed by atoms with Crippen molar-refractivity contribution in [2.75, 3.05) is 45.9 Å². The average Bonchev–Trinajstić information content (AvgIpc) is 2.69. The molecule has 1 fully saturated rings. The molecule has 2 rings (SSSR count). The van der Waals surface area contributed by atoms with Crippen molar-refractivity contribution < 1.29 is 4.74 Å². The standard InChI is InChI=1S/C9H16N3O/c1-2-10-12(3-1)5-4-11-6-8-13-9-7-11/h1,10H,2,4-9H2. The molecule has 2 heterocycles. The number of nitrogens with one attached hydrogen (secondary N) is 1. The molecule has 2 aliphatic rings. The predicted molar refractivity (Wildman–Crippen MR) is 49.8 cm³/mol. The van der Waals surface area contributed by atoms with Crippen molar-refractivity contribution in [3.63, 3.8) is 0 Å². The second kappa shape index (κ2) is 4.60. The van der Waals surface area contributed by atoms with Gasteiger partial charge in [-0.05, 0) is 6.08 Å². The molecule has 0 aromatic carbocycles. The normalized spacial score (nSPS) is 24.2. The van der Waals surface area contributed by atoms with Crippen LogP contribution in [0.15, 0.2) is 6.08 Å². The summed E-state index contributed by atoms with van der Waals surface area (Å²) in [6, 6.07) is 0. The van der Waals surface area contributed by atoms with Crippen LogP contribution in [0, 0.1) is 6.20 Å². The lowest BCUT2D eigenvalue weighted by Gasteiger charge is -2.28. The predicted octanol–water partition coefficient (Wildman–Crippen LogP) is -0.544. The minimum absolute atomic E-state index is 0.882. The zero-order valence-corrected chi connectivity index (χ0v) is 7.83. The summed E-state index contributed by atoms with van der Waals surface area (Å²) < 4.78 is 5.28. The van der Waals surface area contributed by atoms with E-state index in [-0.39, 0.29) is 0 Å². The molecule has 1 saturated heterocycles. The monoisotopic (exact) mass is 182 g/mol. The lowest BCUT2D eigenvalue weighted by Crippen LogP contribution is -2.42. The summed E-state index contributed by atoms with van der Waals surface area (Å²) in [6.45, 7) is 6.92. The molecular formula is C9H16N3O. The Hall–Kier alpha value is -0.580. The van der Waals surface area contributed by atoms with Crippen LogP contribution < -0.4 is 5.43 Å². The first kappa shape index (κ1) is 8.99. The molecule has 0 aromatic heterocycles. The second-order valence-corrected chi connectivity index (χ2v) is 3.30. The van der Waals surface area contributed by atoms with Gasteiger partial charge in [-0.2, -0.15) is 0 Å². The van der Waals surface area contributed by atoms with E-state index in [1.165, 1.54) is 0 Å². The van der Waals surface area contributed by atoms with E-state index in [2.05, 4.69) is 16.5 Å². The molecule has 0 bridgehead atoms. The molecule has 0 unspecified atom stereocenters. The highest BCUT2D eigenvalue weighted by Gasteiger charge is 2.11. The van der Waals surface area contributed by atoms with Gasteiger partial charge in [0, 0.05) is 32.7 Å². The van der Waals surface area contributed by atoms with Crippen molar-refractivity contribution in [3.8, 4) is 0 Å². The first-order valence-electron chi connectivity index (χ1n) is 4.84. The van der Waals surface area contributed by atoms with E-state index in [1.807, 2.05) is 11.1 Å². The fraction of sp³-hybridized carbons (Fsp3) is 0.778. The molecule has 13 heavy (non-hydrogen) atoms. The number of hydrogen-bond donors (Lipinski definition) is 1. The van der Waals surface area contributed by atoms with Gasteiger partial charge in [-0.3, -0.25) is 4.90 Å². The number of rotatable bonds is 3. The Bertz CT molecular complexity index is 178. The summed E-state index contributed by atoms with van der Waals surface area (Å²) >= 11 is 0. The molecule has 4 heteroatoms. The van der Waals surface area contributed by atoms with Crippen LogP contribution in [0.5, 0.6) is 0 Å². The average molecular weight is 182 g/mol. The molecule has 4 nitrogen and oxygen atoms in total. The zero-order chi connectivity index (χ0) is 8.93. The van der Waals surface area contributed by atoms with E-state index in [1.54, 1.807) is 0 Å². The lowest BCUT2D eigenvalue weighted by molar-refractivity contribution is 0.0336. The van der Waals surface area contributed by atoms with Crippen LogP contribution in [0.25, 0.3) is 0 Å². The summed E-state index contributed by atoms with van der Waals surface area (Å²) in [4.78, 5) is 2.42. The summed E-state index contributed by atoms with van der Waals surface area (Å²) in [5.74, 6) is 0. The van der Waals surface area contributed by atoms with Crippen molar-refractivity contribution in [3.05, 3.63) is 12.3 Å². The van der Waals surface area contributed by atoms with Gasteiger partial charge in [-0.15, -0.1) is 0 Å².